The van der Waals surface area contributed by atoms with Crippen LogP contribution in [0.5, 0.6) is 0 Å². The first kappa shape index (κ1) is 17.5. The van der Waals surface area contributed by atoms with Gasteiger partial charge in [0.2, 0.25) is 5.28 Å². The van der Waals surface area contributed by atoms with Crippen LogP contribution in [-0.2, 0) is 9.63 Å². The Bertz CT molecular complexity index is 341. The highest BCUT2D eigenvalue weighted by molar-refractivity contribution is 5.66. The molecule has 0 spiro atoms. The molecule has 0 unspecified atom stereocenters. The molecule has 0 heterocycles. The third-order valence-electron chi connectivity index (χ3n) is 3.95. The van der Waals surface area contributed by atoms with E-state index in [0.29, 0.717) is 17.4 Å². The number of hydrazine groups is 1. The molecule has 1 aliphatic carbocycles. The Morgan fingerprint density at radius 1 is 1.43 bits per heavy atom. The van der Waals surface area contributed by atoms with E-state index >= 15 is 0 Å². The lowest BCUT2D eigenvalue weighted by atomic mass is 9.84. The average molecular weight is 301 g/mol. The summed E-state index contributed by atoms with van der Waals surface area (Å²) in [7, 11) is 1.69. The maximum absolute atomic E-state index is 11.6. The molecule has 1 aliphatic rings. The summed E-state index contributed by atoms with van der Waals surface area (Å²) < 4.78 is 0. The molecule has 0 amide bonds. The van der Waals surface area contributed by atoms with Crippen molar-refractivity contribution in [3.63, 3.8) is 0 Å². The van der Waals surface area contributed by atoms with Gasteiger partial charge in [0, 0.05) is 6.42 Å². The standard InChI is InChI=1S/C14H27N3O4/c1-3-4-11-16(2)17(20)15-21-13-8-5-12(6-9-13)7-10-14(18)19/h12-13H,3-11H2,1-2H3,(H,18,19)/b17-15-. The number of carbonyl (C=O) groups is 1. The number of carboxylic acid groups (broad SMARTS) is 1. The molecule has 7 heteroatoms. The van der Waals surface area contributed by atoms with E-state index < -0.39 is 5.97 Å². The van der Waals surface area contributed by atoms with E-state index in [2.05, 4.69) is 12.2 Å². The normalized spacial score (nSPS) is 22.9. The van der Waals surface area contributed by atoms with E-state index in [4.69, 9.17) is 9.94 Å². The number of nitrogens with zero attached hydrogens (tertiary/aromatic N) is 3. The molecule has 0 atom stereocenters. The van der Waals surface area contributed by atoms with E-state index in [-0.39, 0.29) is 12.5 Å². The zero-order valence-corrected chi connectivity index (χ0v) is 13.0. The number of rotatable bonds is 9. The SMILES string of the molecule is CCCCN(C)/[N+]([O-])=N/OC1CCC(CCC(=O)O)CC1. The lowest BCUT2D eigenvalue weighted by molar-refractivity contribution is -0.706. The fraction of sp³-hybridized carbons (Fsp3) is 0.929. The molecule has 21 heavy (non-hydrogen) atoms. The van der Waals surface area contributed by atoms with E-state index in [9.17, 15) is 10.0 Å². The lowest BCUT2D eigenvalue weighted by Crippen LogP contribution is -2.28. The summed E-state index contributed by atoms with van der Waals surface area (Å²) >= 11 is 0. The van der Waals surface area contributed by atoms with Crippen LogP contribution in [0.1, 0.15) is 58.3 Å². The Kier molecular flexibility index (Phi) is 7.85. The molecule has 1 saturated carbocycles. The van der Waals surface area contributed by atoms with Crippen LogP contribution in [-0.4, -0.2) is 40.8 Å². The summed E-state index contributed by atoms with van der Waals surface area (Å²) in [4.78, 5) is 16.3. The van der Waals surface area contributed by atoms with Crippen molar-refractivity contribution in [3.8, 4) is 0 Å². The summed E-state index contributed by atoms with van der Waals surface area (Å²) in [5.41, 5.74) is 0. The van der Waals surface area contributed by atoms with Crippen molar-refractivity contribution >= 4 is 5.97 Å². The third-order valence-corrected chi connectivity index (χ3v) is 3.95. The van der Waals surface area contributed by atoms with Crippen LogP contribution in [0.3, 0.4) is 0 Å². The van der Waals surface area contributed by atoms with E-state index in [0.717, 1.165) is 44.9 Å². The summed E-state index contributed by atoms with van der Waals surface area (Å²) in [6.07, 6.45) is 6.46. The molecular formula is C14H27N3O4. The minimum Gasteiger partial charge on any atom is -0.569 e. The minimum atomic E-state index is -0.736. The predicted molar refractivity (Wildman–Crippen MR) is 77.3 cm³/mol. The molecule has 0 radical (unpaired) electrons. The van der Waals surface area contributed by atoms with Gasteiger partial charge in [-0.3, -0.25) is 4.79 Å². The van der Waals surface area contributed by atoms with E-state index in [1.165, 1.54) is 5.01 Å². The van der Waals surface area contributed by atoms with Crippen molar-refractivity contribution < 1.29 is 19.7 Å². The summed E-state index contributed by atoms with van der Waals surface area (Å²) in [6, 6.07) is 0. The second-order valence-electron chi connectivity index (χ2n) is 5.75. The van der Waals surface area contributed by atoms with Crippen LogP contribution in [0, 0.1) is 11.1 Å². The number of unbranched alkanes of at least 4 members (excludes halogenated alkanes) is 1. The maximum Gasteiger partial charge on any atom is 0.303 e. The van der Waals surface area contributed by atoms with Gasteiger partial charge < -0.3 is 15.2 Å². The highest BCUT2D eigenvalue weighted by Gasteiger charge is 2.23. The third kappa shape index (κ3) is 7.15. The van der Waals surface area contributed by atoms with Crippen molar-refractivity contribution in [3.05, 3.63) is 5.21 Å². The molecule has 0 aliphatic heterocycles. The Hall–Kier alpha value is -1.53. The quantitative estimate of drug-likeness (QED) is 0.402. The Balaban J connectivity index is 2.24. The van der Waals surface area contributed by atoms with Crippen molar-refractivity contribution in [1.82, 2.24) is 5.01 Å². The molecule has 122 valence electrons. The molecule has 1 N–H and O–H groups in total. The van der Waals surface area contributed by atoms with Crippen LogP contribution in [0.2, 0.25) is 0 Å². The Labute approximate surface area is 126 Å². The van der Waals surface area contributed by atoms with Crippen LogP contribution >= 0.6 is 0 Å². The van der Waals surface area contributed by atoms with E-state index in [1.54, 1.807) is 7.05 Å². The van der Waals surface area contributed by atoms with Crippen molar-refractivity contribution in [2.75, 3.05) is 13.6 Å². The number of hydrogen-bond donors (Lipinski definition) is 1. The predicted octanol–water partition coefficient (Wildman–Crippen LogP) is 2.95. The second-order valence-corrected chi connectivity index (χ2v) is 5.75. The number of hydrogen-bond acceptors (Lipinski definition) is 4. The van der Waals surface area contributed by atoms with Gasteiger partial charge in [-0.2, -0.15) is 0 Å². The van der Waals surface area contributed by atoms with Gasteiger partial charge in [0.05, 0.1) is 18.6 Å². The average Bonchev–Trinajstić information content (AvgIpc) is 2.49. The molecule has 1 rings (SSSR count). The molecule has 1 fully saturated rings. The highest BCUT2D eigenvalue weighted by Crippen LogP contribution is 2.29. The summed E-state index contributed by atoms with van der Waals surface area (Å²) in [6.45, 7) is 2.73. The van der Waals surface area contributed by atoms with Gasteiger partial charge >= 0.3 is 5.97 Å². The van der Waals surface area contributed by atoms with Crippen LogP contribution in [0.4, 0.5) is 0 Å². The van der Waals surface area contributed by atoms with Gasteiger partial charge in [-0.1, -0.05) is 13.3 Å². The van der Waals surface area contributed by atoms with Gasteiger partial charge in [0.1, 0.15) is 6.10 Å². The zero-order chi connectivity index (χ0) is 15.7. The van der Waals surface area contributed by atoms with Gasteiger partial charge in [0.25, 0.3) is 0 Å². The van der Waals surface area contributed by atoms with E-state index in [1.807, 2.05) is 0 Å². The largest absolute Gasteiger partial charge is 0.569 e. The molecule has 7 nitrogen and oxygen atoms in total. The van der Waals surface area contributed by atoms with Crippen LogP contribution in [0.25, 0.3) is 0 Å². The number of aliphatic carboxylic acids is 1. The van der Waals surface area contributed by atoms with Gasteiger partial charge in [-0.05, 0) is 44.4 Å². The molecule has 0 saturated heterocycles. The fourth-order valence-electron chi connectivity index (χ4n) is 2.50. The fourth-order valence-corrected chi connectivity index (χ4v) is 2.50. The first-order valence-corrected chi connectivity index (χ1v) is 7.79. The van der Waals surface area contributed by atoms with Gasteiger partial charge in [0.15, 0.2) is 0 Å². The molecule has 0 aromatic heterocycles. The highest BCUT2D eigenvalue weighted by atomic mass is 16.7. The van der Waals surface area contributed by atoms with Crippen molar-refractivity contribution in [2.24, 2.45) is 11.2 Å². The van der Waals surface area contributed by atoms with Crippen LogP contribution < -0.4 is 0 Å². The minimum absolute atomic E-state index is 0.0258. The summed E-state index contributed by atoms with van der Waals surface area (Å²) in [5.74, 6) is -0.281. The van der Waals surface area contributed by atoms with Crippen molar-refractivity contribution in [1.29, 1.82) is 0 Å². The molecule has 0 aromatic carbocycles. The monoisotopic (exact) mass is 301 g/mol. The Morgan fingerprint density at radius 3 is 2.67 bits per heavy atom. The molecule has 0 bridgehead atoms. The second kappa shape index (κ2) is 9.41. The smallest absolute Gasteiger partial charge is 0.303 e. The Morgan fingerprint density at radius 2 is 2.10 bits per heavy atom. The van der Waals surface area contributed by atoms with Gasteiger partial charge in [-0.15, -0.1) is 5.01 Å². The van der Waals surface area contributed by atoms with Crippen molar-refractivity contribution in [2.45, 2.75) is 64.4 Å². The molecule has 0 aromatic rings. The maximum atomic E-state index is 11.6. The summed E-state index contributed by atoms with van der Waals surface area (Å²) in [5, 5.41) is 25.4. The van der Waals surface area contributed by atoms with Crippen LogP contribution in [0.15, 0.2) is 5.28 Å². The molecular weight excluding hydrogens is 274 g/mol. The first-order valence-electron chi connectivity index (χ1n) is 7.79. The topological polar surface area (TPSA) is 88.2 Å². The first-order chi connectivity index (χ1) is 10.0. The number of carboxylic acids is 1. The van der Waals surface area contributed by atoms with Gasteiger partial charge in [-0.25, -0.2) is 0 Å². The lowest BCUT2D eigenvalue weighted by Gasteiger charge is -2.25. The zero-order valence-electron chi connectivity index (χ0n) is 13.0.